The molecule has 6 heteroatoms. The van der Waals surface area contributed by atoms with Crippen LogP contribution in [0.2, 0.25) is 0 Å². The lowest BCUT2D eigenvalue weighted by molar-refractivity contribution is 0.0953. The van der Waals surface area contributed by atoms with E-state index in [4.69, 9.17) is 0 Å². The van der Waals surface area contributed by atoms with Crippen LogP contribution in [-0.4, -0.2) is 55.5 Å². The molecular weight excluding hydrogens is 350 g/mol. The third-order valence-corrected chi connectivity index (χ3v) is 4.70. The number of nitrogens with zero attached hydrogens (tertiary/aromatic N) is 2. The monoisotopic (exact) mass is 389 g/mol. The molecule has 6 nitrogen and oxygen atoms in total. The minimum absolute atomic E-state index is 0.00899. The Hall–Kier alpha value is -2.08. The highest BCUT2D eigenvalue weighted by atomic mass is 16.1. The number of nitrogens with one attached hydrogen (secondary N) is 3. The minimum Gasteiger partial charge on any atom is -0.355 e. The molecule has 0 aliphatic heterocycles. The van der Waals surface area contributed by atoms with Crippen LogP contribution in [0.4, 0.5) is 0 Å². The summed E-state index contributed by atoms with van der Waals surface area (Å²) in [7, 11) is 1.78. The molecule has 0 heterocycles. The van der Waals surface area contributed by atoms with E-state index < -0.39 is 0 Å². The second-order valence-electron chi connectivity index (χ2n) is 7.58. The third kappa shape index (κ3) is 8.74. The van der Waals surface area contributed by atoms with Gasteiger partial charge in [-0.3, -0.25) is 14.7 Å². The van der Waals surface area contributed by atoms with Gasteiger partial charge in [0.2, 0.25) is 0 Å². The van der Waals surface area contributed by atoms with E-state index in [1.54, 1.807) is 7.05 Å². The Morgan fingerprint density at radius 3 is 2.18 bits per heavy atom. The first-order valence-electron chi connectivity index (χ1n) is 10.5. The third-order valence-electron chi connectivity index (χ3n) is 4.70. The average molecular weight is 390 g/mol. The molecule has 0 atom stereocenters. The Morgan fingerprint density at radius 1 is 1.00 bits per heavy atom. The van der Waals surface area contributed by atoms with Gasteiger partial charge in [0.15, 0.2) is 5.96 Å². The van der Waals surface area contributed by atoms with Crippen molar-refractivity contribution < 1.29 is 4.79 Å². The van der Waals surface area contributed by atoms with Crippen LogP contribution in [0.5, 0.6) is 0 Å². The molecule has 0 aromatic heterocycles. The van der Waals surface area contributed by atoms with E-state index in [1.165, 1.54) is 0 Å². The highest BCUT2D eigenvalue weighted by molar-refractivity contribution is 5.94. The maximum absolute atomic E-state index is 12.1. The van der Waals surface area contributed by atoms with Crippen LogP contribution in [-0.2, 0) is 6.54 Å². The van der Waals surface area contributed by atoms with Crippen LogP contribution in [0.15, 0.2) is 29.3 Å². The van der Waals surface area contributed by atoms with Gasteiger partial charge in [0, 0.05) is 50.9 Å². The highest BCUT2D eigenvalue weighted by Gasteiger charge is 2.12. The molecule has 0 aliphatic carbocycles. The van der Waals surface area contributed by atoms with E-state index in [0.717, 1.165) is 44.0 Å². The van der Waals surface area contributed by atoms with Crippen LogP contribution in [0.25, 0.3) is 0 Å². The van der Waals surface area contributed by atoms with Crippen molar-refractivity contribution in [3.63, 3.8) is 0 Å². The van der Waals surface area contributed by atoms with E-state index in [0.29, 0.717) is 24.2 Å². The maximum Gasteiger partial charge on any atom is 0.251 e. The van der Waals surface area contributed by atoms with E-state index in [-0.39, 0.29) is 5.91 Å². The summed E-state index contributed by atoms with van der Waals surface area (Å²) < 4.78 is 0. The van der Waals surface area contributed by atoms with Crippen LogP contribution in [0.3, 0.4) is 0 Å². The van der Waals surface area contributed by atoms with Crippen molar-refractivity contribution in [3.8, 4) is 0 Å². The van der Waals surface area contributed by atoms with Crippen molar-refractivity contribution in [2.45, 2.75) is 66.1 Å². The SMILES string of the molecule is CCCCNC(=O)c1ccc(CNC(=NC)NCCN(C(C)C)C(C)C)cc1. The molecule has 1 aromatic rings. The summed E-state index contributed by atoms with van der Waals surface area (Å²) in [5, 5.41) is 9.64. The fourth-order valence-corrected chi connectivity index (χ4v) is 3.08. The zero-order valence-corrected chi connectivity index (χ0v) is 18.5. The van der Waals surface area contributed by atoms with Gasteiger partial charge in [-0.05, 0) is 51.8 Å². The molecule has 158 valence electrons. The van der Waals surface area contributed by atoms with Gasteiger partial charge < -0.3 is 16.0 Å². The van der Waals surface area contributed by atoms with Crippen LogP contribution in [0, 0.1) is 0 Å². The van der Waals surface area contributed by atoms with E-state index in [1.807, 2.05) is 24.3 Å². The van der Waals surface area contributed by atoms with Crippen molar-refractivity contribution >= 4 is 11.9 Å². The first-order valence-corrected chi connectivity index (χ1v) is 10.5. The number of carbonyl (C=O) groups is 1. The summed E-state index contributed by atoms with van der Waals surface area (Å²) in [6, 6.07) is 8.75. The molecule has 0 radical (unpaired) electrons. The zero-order valence-electron chi connectivity index (χ0n) is 18.5. The lowest BCUT2D eigenvalue weighted by Crippen LogP contribution is -2.45. The largest absolute Gasteiger partial charge is 0.355 e. The number of benzene rings is 1. The number of amides is 1. The lowest BCUT2D eigenvalue weighted by Gasteiger charge is -2.30. The van der Waals surface area contributed by atoms with Gasteiger partial charge >= 0.3 is 0 Å². The fourth-order valence-electron chi connectivity index (χ4n) is 3.08. The number of hydrogen-bond donors (Lipinski definition) is 3. The summed E-state index contributed by atoms with van der Waals surface area (Å²) in [4.78, 5) is 18.8. The van der Waals surface area contributed by atoms with Gasteiger partial charge in [0.25, 0.3) is 5.91 Å². The Bertz CT molecular complexity index is 587. The Morgan fingerprint density at radius 2 is 1.64 bits per heavy atom. The summed E-state index contributed by atoms with van der Waals surface area (Å²) in [6.45, 7) is 14.2. The summed E-state index contributed by atoms with van der Waals surface area (Å²) in [6.07, 6.45) is 2.08. The van der Waals surface area contributed by atoms with Crippen LogP contribution >= 0.6 is 0 Å². The Labute approximate surface area is 171 Å². The molecule has 0 aliphatic rings. The van der Waals surface area contributed by atoms with Gasteiger partial charge in [-0.1, -0.05) is 25.5 Å². The number of hydrogen-bond acceptors (Lipinski definition) is 3. The fraction of sp³-hybridized carbons (Fsp3) is 0.636. The number of unbranched alkanes of at least 4 members (excludes halogenated alkanes) is 1. The molecule has 0 fully saturated rings. The van der Waals surface area contributed by atoms with Gasteiger partial charge in [-0.25, -0.2) is 0 Å². The number of rotatable bonds is 11. The molecule has 3 N–H and O–H groups in total. The van der Waals surface area contributed by atoms with Crippen molar-refractivity contribution in [1.82, 2.24) is 20.9 Å². The quantitative estimate of drug-likeness (QED) is 0.309. The molecular formula is C22H39N5O. The number of guanidine groups is 1. The molecule has 0 saturated carbocycles. The van der Waals surface area contributed by atoms with Crippen LogP contribution in [0.1, 0.15) is 63.4 Å². The first kappa shape index (κ1) is 24.0. The Kier molecular flexibility index (Phi) is 11.3. The lowest BCUT2D eigenvalue weighted by atomic mass is 10.1. The Balaban J connectivity index is 2.43. The van der Waals surface area contributed by atoms with Gasteiger partial charge in [0.1, 0.15) is 0 Å². The summed E-state index contributed by atoms with van der Waals surface area (Å²) in [5.74, 6) is 0.777. The molecule has 0 unspecified atom stereocenters. The van der Waals surface area contributed by atoms with Gasteiger partial charge in [0.05, 0.1) is 0 Å². The zero-order chi connectivity index (χ0) is 20.9. The van der Waals surface area contributed by atoms with E-state index in [2.05, 4.69) is 60.5 Å². The van der Waals surface area contributed by atoms with E-state index in [9.17, 15) is 4.79 Å². The maximum atomic E-state index is 12.1. The normalized spacial score (nSPS) is 12.0. The predicted molar refractivity (Wildman–Crippen MR) is 119 cm³/mol. The van der Waals surface area contributed by atoms with Gasteiger partial charge in [-0.15, -0.1) is 0 Å². The molecule has 28 heavy (non-hydrogen) atoms. The molecule has 1 aromatic carbocycles. The number of aliphatic imine (C=N–C) groups is 1. The summed E-state index contributed by atoms with van der Waals surface area (Å²) in [5.41, 5.74) is 1.81. The first-order chi connectivity index (χ1) is 13.4. The van der Waals surface area contributed by atoms with Crippen LogP contribution < -0.4 is 16.0 Å². The summed E-state index contributed by atoms with van der Waals surface area (Å²) >= 11 is 0. The predicted octanol–water partition coefficient (Wildman–Crippen LogP) is 3.00. The molecule has 1 amide bonds. The number of carbonyl (C=O) groups excluding carboxylic acids is 1. The topological polar surface area (TPSA) is 68.8 Å². The second kappa shape index (κ2) is 13.2. The van der Waals surface area contributed by atoms with Crippen molar-refractivity contribution in [2.24, 2.45) is 4.99 Å². The smallest absolute Gasteiger partial charge is 0.251 e. The highest BCUT2D eigenvalue weighted by Crippen LogP contribution is 2.05. The molecule has 1 rings (SSSR count). The van der Waals surface area contributed by atoms with Crippen molar-refractivity contribution in [2.75, 3.05) is 26.7 Å². The second-order valence-corrected chi connectivity index (χ2v) is 7.58. The molecule has 0 bridgehead atoms. The standard InChI is InChI=1S/C22H39N5O/c1-7-8-13-24-21(28)20-11-9-19(10-12-20)16-26-22(23-6)25-14-15-27(17(2)3)18(4)5/h9-12,17-18H,7-8,13-16H2,1-6H3,(H,24,28)(H2,23,25,26). The molecule has 0 spiro atoms. The van der Waals surface area contributed by atoms with Gasteiger partial charge in [-0.2, -0.15) is 0 Å². The molecule has 0 saturated heterocycles. The average Bonchev–Trinajstić information content (AvgIpc) is 2.67. The van der Waals surface area contributed by atoms with Crippen molar-refractivity contribution in [1.29, 1.82) is 0 Å². The van der Waals surface area contributed by atoms with Crippen molar-refractivity contribution in [3.05, 3.63) is 35.4 Å². The van der Waals surface area contributed by atoms with E-state index >= 15 is 0 Å². The minimum atomic E-state index is -0.00899.